The molecule has 0 aliphatic carbocycles. The van der Waals surface area contributed by atoms with E-state index in [9.17, 15) is 4.79 Å². The van der Waals surface area contributed by atoms with Gasteiger partial charge in [0.05, 0.1) is 11.4 Å². The first-order valence-electron chi connectivity index (χ1n) is 8.40. The van der Waals surface area contributed by atoms with E-state index < -0.39 is 5.54 Å². The molecule has 0 radical (unpaired) electrons. The number of likely N-dealkylation sites (tertiary alicyclic amines) is 1. The van der Waals surface area contributed by atoms with E-state index in [1.165, 1.54) is 12.8 Å². The first-order chi connectivity index (χ1) is 10.8. The van der Waals surface area contributed by atoms with Gasteiger partial charge in [0, 0.05) is 19.1 Å². The van der Waals surface area contributed by atoms with E-state index in [0.717, 1.165) is 50.4 Å². The van der Waals surface area contributed by atoms with E-state index in [1.807, 2.05) is 18.2 Å². The largest absolute Gasteiger partial charge is 0.369 e. The summed E-state index contributed by atoms with van der Waals surface area (Å²) in [7, 11) is 0. The topological polar surface area (TPSA) is 56.4 Å². The lowest BCUT2D eigenvalue weighted by Crippen LogP contribution is -2.60. The molecule has 134 valence electrons. The molecule has 0 saturated carbocycles. The molecule has 7 heteroatoms. The van der Waals surface area contributed by atoms with Crippen molar-refractivity contribution in [3.63, 3.8) is 0 Å². The van der Waals surface area contributed by atoms with E-state index in [1.54, 1.807) is 0 Å². The Kier molecular flexibility index (Phi) is 6.37. The van der Waals surface area contributed by atoms with Gasteiger partial charge in [-0.3, -0.25) is 4.79 Å². The van der Waals surface area contributed by atoms with Crippen molar-refractivity contribution in [1.29, 1.82) is 0 Å². The van der Waals surface area contributed by atoms with Crippen molar-refractivity contribution in [2.75, 3.05) is 36.8 Å². The van der Waals surface area contributed by atoms with Crippen molar-refractivity contribution in [2.45, 2.75) is 37.3 Å². The summed E-state index contributed by atoms with van der Waals surface area (Å²) in [6, 6.07) is 8.67. The minimum Gasteiger partial charge on any atom is -0.369 e. The number of amides is 1. The lowest BCUT2D eigenvalue weighted by atomic mass is 9.83. The van der Waals surface area contributed by atoms with E-state index in [4.69, 9.17) is 0 Å². The lowest BCUT2D eigenvalue weighted by Gasteiger charge is -2.46. The Bertz CT molecular complexity index is 569. The predicted octanol–water partition coefficient (Wildman–Crippen LogP) is 2.48. The van der Waals surface area contributed by atoms with Gasteiger partial charge >= 0.3 is 0 Å². The SMILES string of the molecule is Cl.Cl.O=C1Nc2ccccc2NC12CCN(C1CCNCC1)CC2. The quantitative estimate of drug-likeness (QED) is 0.708. The number of fused-ring (bicyclic) bond motifs is 1. The fourth-order valence-corrected chi connectivity index (χ4v) is 4.05. The van der Waals surface area contributed by atoms with Crippen LogP contribution >= 0.6 is 24.8 Å². The molecule has 0 aromatic heterocycles. The molecule has 3 N–H and O–H groups in total. The lowest BCUT2D eigenvalue weighted by molar-refractivity contribution is -0.122. The minimum absolute atomic E-state index is 0. The molecule has 2 saturated heterocycles. The average molecular weight is 373 g/mol. The van der Waals surface area contributed by atoms with Gasteiger partial charge in [-0.25, -0.2) is 0 Å². The zero-order valence-electron chi connectivity index (χ0n) is 13.7. The van der Waals surface area contributed by atoms with Crippen molar-refractivity contribution in [1.82, 2.24) is 10.2 Å². The highest BCUT2D eigenvalue weighted by molar-refractivity contribution is 6.06. The Morgan fingerprint density at radius 2 is 1.62 bits per heavy atom. The molecule has 1 spiro atoms. The summed E-state index contributed by atoms with van der Waals surface area (Å²) in [6.07, 6.45) is 4.24. The molecule has 0 atom stereocenters. The molecule has 4 rings (SSSR count). The highest BCUT2D eigenvalue weighted by Crippen LogP contribution is 2.36. The van der Waals surface area contributed by atoms with Crippen LogP contribution in [-0.2, 0) is 4.79 Å². The molecule has 3 aliphatic heterocycles. The smallest absolute Gasteiger partial charge is 0.250 e. The molecule has 2 fully saturated rings. The third-order valence-electron chi connectivity index (χ3n) is 5.46. The zero-order valence-corrected chi connectivity index (χ0v) is 15.3. The fraction of sp³-hybridized carbons (Fsp3) is 0.588. The summed E-state index contributed by atoms with van der Waals surface area (Å²) in [6.45, 7) is 4.26. The van der Waals surface area contributed by atoms with Crippen molar-refractivity contribution in [3.8, 4) is 0 Å². The number of piperidine rings is 2. The Balaban J connectivity index is 0.00000104. The van der Waals surface area contributed by atoms with Crippen LogP contribution < -0.4 is 16.0 Å². The standard InChI is InChI=1S/C17H24N4O.2ClH/c22-16-17(20-15-4-2-1-3-14(15)19-16)7-11-21(12-8-17)13-5-9-18-10-6-13;;/h1-4,13,18,20H,5-12H2,(H,19,22);2*1H. The fourth-order valence-electron chi connectivity index (χ4n) is 4.05. The number of nitrogens with zero attached hydrogens (tertiary/aromatic N) is 1. The maximum absolute atomic E-state index is 12.6. The van der Waals surface area contributed by atoms with Gasteiger partial charge in [0.25, 0.3) is 0 Å². The molecule has 1 aromatic carbocycles. The number of carbonyl (C=O) groups is 1. The molecule has 1 amide bonds. The van der Waals surface area contributed by atoms with Crippen LogP contribution in [0.1, 0.15) is 25.7 Å². The van der Waals surface area contributed by atoms with Crippen molar-refractivity contribution in [2.24, 2.45) is 0 Å². The van der Waals surface area contributed by atoms with Gasteiger partial charge in [0.2, 0.25) is 5.91 Å². The predicted molar refractivity (Wildman–Crippen MR) is 103 cm³/mol. The Labute approximate surface area is 155 Å². The van der Waals surface area contributed by atoms with E-state index in [-0.39, 0.29) is 30.7 Å². The van der Waals surface area contributed by atoms with Gasteiger partial charge in [-0.1, -0.05) is 12.1 Å². The van der Waals surface area contributed by atoms with Gasteiger partial charge in [-0.05, 0) is 50.9 Å². The molecule has 1 aromatic rings. The van der Waals surface area contributed by atoms with Crippen molar-refractivity contribution < 1.29 is 4.79 Å². The van der Waals surface area contributed by atoms with Crippen LogP contribution in [-0.4, -0.2) is 48.6 Å². The van der Waals surface area contributed by atoms with Crippen LogP contribution in [0.3, 0.4) is 0 Å². The Morgan fingerprint density at radius 3 is 2.29 bits per heavy atom. The second kappa shape index (κ2) is 7.91. The number of hydrogen-bond donors (Lipinski definition) is 3. The van der Waals surface area contributed by atoms with Crippen LogP contribution in [0, 0.1) is 0 Å². The summed E-state index contributed by atoms with van der Waals surface area (Å²) in [5, 5.41) is 10.0. The molecule has 0 bridgehead atoms. The third kappa shape index (κ3) is 3.49. The Hall–Kier alpha value is -1.01. The van der Waals surface area contributed by atoms with E-state index >= 15 is 0 Å². The van der Waals surface area contributed by atoms with E-state index in [0.29, 0.717) is 6.04 Å². The maximum Gasteiger partial charge on any atom is 0.250 e. The van der Waals surface area contributed by atoms with Crippen molar-refractivity contribution in [3.05, 3.63) is 24.3 Å². The number of benzene rings is 1. The number of nitrogens with one attached hydrogen (secondary N) is 3. The van der Waals surface area contributed by atoms with Crippen LogP contribution in [0.15, 0.2) is 24.3 Å². The third-order valence-corrected chi connectivity index (χ3v) is 5.46. The normalized spacial score (nSPS) is 23.2. The van der Waals surface area contributed by atoms with Gasteiger partial charge < -0.3 is 20.9 Å². The molecule has 3 aliphatic rings. The summed E-state index contributed by atoms with van der Waals surface area (Å²) in [5.74, 6) is 0.135. The molecule has 5 nitrogen and oxygen atoms in total. The second-order valence-electron chi connectivity index (χ2n) is 6.72. The van der Waals surface area contributed by atoms with Gasteiger partial charge in [-0.2, -0.15) is 0 Å². The number of hydrogen-bond acceptors (Lipinski definition) is 4. The number of carbonyl (C=O) groups excluding carboxylic acids is 1. The van der Waals surface area contributed by atoms with Crippen LogP contribution in [0.25, 0.3) is 0 Å². The molecule has 0 unspecified atom stereocenters. The number of anilines is 2. The zero-order chi connectivity index (χ0) is 15.0. The van der Waals surface area contributed by atoms with Crippen LogP contribution in [0.5, 0.6) is 0 Å². The molecule has 3 heterocycles. The summed E-state index contributed by atoms with van der Waals surface area (Å²) in [4.78, 5) is 15.2. The monoisotopic (exact) mass is 372 g/mol. The van der Waals surface area contributed by atoms with Gasteiger partial charge in [0.15, 0.2) is 0 Å². The average Bonchev–Trinajstić information content (AvgIpc) is 2.57. The summed E-state index contributed by atoms with van der Waals surface area (Å²) >= 11 is 0. The highest BCUT2D eigenvalue weighted by Gasteiger charge is 2.45. The van der Waals surface area contributed by atoms with E-state index in [2.05, 4.69) is 26.9 Å². The van der Waals surface area contributed by atoms with Crippen LogP contribution in [0.4, 0.5) is 11.4 Å². The Morgan fingerprint density at radius 1 is 1.00 bits per heavy atom. The second-order valence-corrected chi connectivity index (χ2v) is 6.72. The van der Waals surface area contributed by atoms with Gasteiger partial charge in [-0.15, -0.1) is 24.8 Å². The first kappa shape index (κ1) is 19.3. The summed E-state index contributed by atoms with van der Waals surface area (Å²) < 4.78 is 0. The van der Waals surface area contributed by atoms with Crippen molar-refractivity contribution >= 4 is 42.1 Å². The molecule has 24 heavy (non-hydrogen) atoms. The molecular formula is C17H26Cl2N4O. The minimum atomic E-state index is -0.419. The first-order valence-corrected chi connectivity index (χ1v) is 8.40. The number of rotatable bonds is 1. The number of halogens is 2. The maximum atomic E-state index is 12.6. The molecular weight excluding hydrogens is 347 g/mol. The highest BCUT2D eigenvalue weighted by atomic mass is 35.5. The van der Waals surface area contributed by atoms with Crippen LogP contribution in [0.2, 0.25) is 0 Å². The van der Waals surface area contributed by atoms with Gasteiger partial charge in [0.1, 0.15) is 5.54 Å². The summed E-state index contributed by atoms with van der Waals surface area (Å²) in [5.41, 5.74) is 1.54. The number of para-hydroxylation sites is 2.